The minimum absolute atomic E-state index is 0.0809. The number of rotatable bonds is 5. The molecule has 0 unspecified atom stereocenters. The Balaban J connectivity index is 2.36. The summed E-state index contributed by atoms with van der Waals surface area (Å²) < 4.78 is 13.3. The topological polar surface area (TPSA) is 0 Å². The van der Waals surface area contributed by atoms with Crippen LogP contribution in [0.15, 0.2) is 48.5 Å². The van der Waals surface area contributed by atoms with Crippen LogP contribution in [-0.4, -0.2) is 10.7 Å². The molecule has 0 aliphatic heterocycles. The molecule has 0 radical (unpaired) electrons. The molecule has 0 aromatic heterocycles. The first-order valence-electron chi connectivity index (χ1n) is 6.23. The number of hydrogen-bond donors (Lipinski definition) is 0. The predicted molar refractivity (Wildman–Crippen MR) is 90.8 cm³/mol. The molecule has 20 heavy (non-hydrogen) atoms. The first kappa shape index (κ1) is 16.0. The summed E-state index contributed by atoms with van der Waals surface area (Å²) in [5, 5.41) is 1.79. The Morgan fingerprint density at radius 2 is 1.65 bits per heavy atom. The Kier molecular flexibility index (Phi) is 5.65. The third kappa shape index (κ3) is 3.44. The largest absolute Gasteiger partial charge is 0.205 e. The van der Waals surface area contributed by atoms with E-state index in [0.29, 0.717) is 0 Å². The first-order chi connectivity index (χ1) is 9.61. The summed E-state index contributed by atoms with van der Waals surface area (Å²) >= 11 is 13.1. The summed E-state index contributed by atoms with van der Waals surface area (Å²) in [6, 6.07) is 15.2. The maximum atomic E-state index is 13.3. The van der Waals surface area contributed by atoms with Crippen LogP contribution < -0.4 is 0 Å². The van der Waals surface area contributed by atoms with Gasteiger partial charge in [0.1, 0.15) is 5.82 Å². The summed E-state index contributed by atoms with van der Waals surface area (Å²) in [6.45, 7) is 0. The Morgan fingerprint density at radius 1 is 1.00 bits per heavy atom. The molecule has 0 atom stereocenters. The summed E-state index contributed by atoms with van der Waals surface area (Å²) in [4.78, 5) is 0. The van der Waals surface area contributed by atoms with Gasteiger partial charge >= 0.3 is 0 Å². The first-order valence-corrected chi connectivity index (χ1v) is 8.85. The van der Waals surface area contributed by atoms with Crippen molar-refractivity contribution in [2.45, 2.75) is 11.8 Å². The molecule has 0 spiro atoms. The zero-order valence-corrected chi connectivity index (χ0v) is 14.7. The van der Waals surface area contributed by atoms with Crippen molar-refractivity contribution in [1.82, 2.24) is 0 Å². The van der Waals surface area contributed by atoms with Gasteiger partial charge in [-0.25, -0.2) is 4.39 Å². The van der Waals surface area contributed by atoms with Gasteiger partial charge in [-0.05, 0) is 29.7 Å². The Bertz CT molecular complexity index is 568. The Labute approximate surface area is 140 Å². The van der Waals surface area contributed by atoms with E-state index in [4.69, 9.17) is 11.6 Å². The molecule has 2 aromatic carbocycles. The van der Waals surface area contributed by atoms with Gasteiger partial charge in [-0.3, -0.25) is 0 Å². The second-order valence-electron chi connectivity index (χ2n) is 4.84. The van der Waals surface area contributed by atoms with Gasteiger partial charge in [0.05, 0.1) is 5.02 Å². The lowest BCUT2D eigenvalue weighted by molar-refractivity contribution is 0.549. The van der Waals surface area contributed by atoms with Crippen LogP contribution in [0.4, 0.5) is 4.39 Å². The normalized spacial score (nSPS) is 11.6. The van der Waals surface area contributed by atoms with E-state index in [1.807, 2.05) is 18.2 Å². The van der Waals surface area contributed by atoms with Crippen LogP contribution in [0, 0.1) is 5.82 Å². The van der Waals surface area contributed by atoms with Gasteiger partial charge in [0.15, 0.2) is 0 Å². The lowest BCUT2D eigenvalue weighted by Gasteiger charge is -2.31. The maximum Gasteiger partial charge on any atom is 0.141 e. The molecule has 2 aromatic rings. The molecule has 0 amide bonds. The van der Waals surface area contributed by atoms with Gasteiger partial charge in [0.2, 0.25) is 0 Å². The van der Waals surface area contributed by atoms with Gasteiger partial charge in [-0.15, -0.1) is 0 Å². The van der Waals surface area contributed by atoms with E-state index in [1.165, 1.54) is 11.6 Å². The number of benzene rings is 2. The van der Waals surface area contributed by atoms with Crippen molar-refractivity contribution in [3.63, 3.8) is 0 Å². The summed E-state index contributed by atoms with van der Waals surface area (Å²) in [5.41, 5.74) is 2.19. The molecule has 2 rings (SSSR count). The zero-order valence-electron chi connectivity index (χ0n) is 10.8. The molecule has 0 heterocycles. The Morgan fingerprint density at radius 3 is 2.20 bits per heavy atom. The van der Waals surface area contributed by atoms with Gasteiger partial charge in [-0.1, -0.05) is 79.9 Å². The van der Waals surface area contributed by atoms with Gasteiger partial charge < -0.3 is 0 Å². The summed E-state index contributed by atoms with van der Waals surface area (Å²) in [7, 11) is 0. The van der Waals surface area contributed by atoms with Gasteiger partial charge in [0, 0.05) is 16.1 Å². The molecule has 0 nitrogen and oxygen atoms in total. The van der Waals surface area contributed by atoms with Crippen LogP contribution in [0.1, 0.15) is 11.1 Å². The molecule has 0 bridgehead atoms. The van der Waals surface area contributed by atoms with Crippen molar-refractivity contribution in [2.24, 2.45) is 0 Å². The van der Waals surface area contributed by atoms with E-state index in [-0.39, 0.29) is 16.3 Å². The molecular formula is C16H14Br2ClF. The molecule has 0 saturated heterocycles. The van der Waals surface area contributed by atoms with Crippen molar-refractivity contribution >= 4 is 43.5 Å². The quantitative estimate of drug-likeness (QED) is 0.541. The zero-order chi connectivity index (χ0) is 14.6. The minimum atomic E-state index is -0.376. The molecule has 0 saturated carbocycles. The number of alkyl halides is 2. The molecule has 106 valence electrons. The van der Waals surface area contributed by atoms with Crippen molar-refractivity contribution in [1.29, 1.82) is 0 Å². The standard InChI is InChI=1S/C16H14Br2ClF/c17-10-16(11-18,13-4-2-1-3-5-13)9-12-6-7-15(20)14(19)8-12/h1-8H,9-11H2. The van der Waals surface area contributed by atoms with Crippen molar-refractivity contribution in [2.75, 3.05) is 10.7 Å². The monoisotopic (exact) mass is 418 g/mol. The summed E-state index contributed by atoms with van der Waals surface area (Å²) in [5.74, 6) is -0.376. The van der Waals surface area contributed by atoms with Gasteiger partial charge in [0.25, 0.3) is 0 Å². The lowest BCUT2D eigenvalue weighted by atomic mass is 9.79. The smallest absolute Gasteiger partial charge is 0.141 e. The van der Waals surface area contributed by atoms with Crippen LogP contribution in [0.2, 0.25) is 5.02 Å². The molecule has 0 aliphatic carbocycles. The van der Waals surface area contributed by atoms with E-state index in [0.717, 1.165) is 22.6 Å². The van der Waals surface area contributed by atoms with E-state index in [2.05, 4.69) is 44.0 Å². The van der Waals surface area contributed by atoms with Crippen molar-refractivity contribution in [3.8, 4) is 0 Å². The highest BCUT2D eigenvalue weighted by Crippen LogP contribution is 2.33. The van der Waals surface area contributed by atoms with E-state index in [9.17, 15) is 4.39 Å². The van der Waals surface area contributed by atoms with Crippen molar-refractivity contribution < 1.29 is 4.39 Å². The lowest BCUT2D eigenvalue weighted by Crippen LogP contribution is -2.32. The van der Waals surface area contributed by atoms with Gasteiger partial charge in [-0.2, -0.15) is 0 Å². The maximum absolute atomic E-state index is 13.3. The number of hydrogen-bond acceptors (Lipinski definition) is 0. The Hall–Kier alpha value is -0.380. The number of halogens is 4. The van der Waals surface area contributed by atoms with Crippen LogP contribution in [0.3, 0.4) is 0 Å². The fourth-order valence-corrected chi connectivity index (χ4v) is 4.39. The predicted octanol–water partition coefficient (Wildman–Crippen LogP) is 5.75. The van der Waals surface area contributed by atoms with E-state index < -0.39 is 0 Å². The van der Waals surface area contributed by atoms with Crippen LogP contribution in [0.5, 0.6) is 0 Å². The second-order valence-corrected chi connectivity index (χ2v) is 6.37. The summed E-state index contributed by atoms with van der Waals surface area (Å²) in [6.07, 6.45) is 0.785. The average molecular weight is 421 g/mol. The molecule has 0 fully saturated rings. The highest BCUT2D eigenvalue weighted by Gasteiger charge is 2.30. The second kappa shape index (κ2) is 7.06. The highest BCUT2D eigenvalue weighted by molar-refractivity contribution is 9.09. The fraction of sp³-hybridized carbons (Fsp3) is 0.250. The molecule has 0 aliphatic rings. The molecular weight excluding hydrogens is 406 g/mol. The SMILES string of the molecule is Fc1ccc(CC(CBr)(CBr)c2ccccc2)cc1Cl. The van der Waals surface area contributed by atoms with E-state index >= 15 is 0 Å². The van der Waals surface area contributed by atoms with Crippen LogP contribution >= 0.6 is 43.5 Å². The highest BCUT2D eigenvalue weighted by atomic mass is 79.9. The van der Waals surface area contributed by atoms with Crippen LogP contribution in [-0.2, 0) is 11.8 Å². The molecule has 4 heteroatoms. The van der Waals surface area contributed by atoms with Crippen LogP contribution in [0.25, 0.3) is 0 Å². The third-order valence-electron chi connectivity index (χ3n) is 3.42. The fourth-order valence-electron chi connectivity index (χ4n) is 2.22. The third-order valence-corrected chi connectivity index (χ3v) is 5.86. The average Bonchev–Trinajstić information content (AvgIpc) is 2.49. The van der Waals surface area contributed by atoms with E-state index in [1.54, 1.807) is 12.1 Å². The van der Waals surface area contributed by atoms with Crippen molar-refractivity contribution in [3.05, 3.63) is 70.5 Å². The molecule has 0 N–H and O–H groups in total. The minimum Gasteiger partial charge on any atom is -0.205 e.